The maximum absolute atomic E-state index is 12.8. The van der Waals surface area contributed by atoms with Crippen molar-refractivity contribution in [2.24, 2.45) is 17.6 Å². The van der Waals surface area contributed by atoms with Gasteiger partial charge in [-0.1, -0.05) is 12.8 Å². The van der Waals surface area contributed by atoms with Gasteiger partial charge in [-0.3, -0.25) is 4.79 Å². The van der Waals surface area contributed by atoms with Crippen LogP contribution in [0.4, 0.5) is 0 Å². The molecule has 1 aliphatic heterocycles. The number of nitrogens with zero attached hydrogens (tertiary/aromatic N) is 1. The molecule has 1 amide bonds. The van der Waals surface area contributed by atoms with E-state index in [4.69, 9.17) is 5.73 Å². The van der Waals surface area contributed by atoms with Crippen molar-refractivity contribution < 1.29 is 4.79 Å². The van der Waals surface area contributed by atoms with E-state index in [2.05, 4.69) is 18.7 Å². The van der Waals surface area contributed by atoms with Crippen LogP contribution < -0.4 is 5.73 Å². The molecule has 4 atom stereocenters. The molecule has 110 valence electrons. The Morgan fingerprint density at radius 1 is 1.11 bits per heavy atom. The third-order valence-corrected chi connectivity index (χ3v) is 5.15. The summed E-state index contributed by atoms with van der Waals surface area (Å²) >= 11 is 0. The molecule has 2 aliphatic rings. The minimum Gasteiger partial charge on any atom is -0.337 e. The minimum absolute atomic E-state index is 0.272. The van der Waals surface area contributed by atoms with E-state index in [0.29, 0.717) is 23.9 Å². The Hall–Kier alpha value is -0.570. The maximum Gasteiger partial charge on any atom is 0.226 e. The fraction of sp³-hybridized carbons (Fsp3) is 0.938. The minimum atomic E-state index is 0.272. The SMILES string of the molecule is C[C@@H]1CCC[C@H](C)N1C(=O)C1CCCC(CCN)C1. The highest BCUT2D eigenvalue weighted by atomic mass is 16.2. The number of piperidine rings is 1. The lowest BCUT2D eigenvalue weighted by Gasteiger charge is -2.42. The first kappa shape index (κ1) is 14.8. The lowest BCUT2D eigenvalue weighted by atomic mass is 9.78. The topological polar surface area (TPSA) is 46.3 Å². The largest absolute Gasteiger partial charge is 0.337 e. The van der Waals surface area contributed by atoms with E-state index in [1.165, 1.54) is 32.1 Å². The summed E-state index contributed by atoms with van der Waals surface area (Å²) in [5, 5.41) is 0. The van der Waals surface area contributed by atoms with Crippen LogP contribution in [0.15, 0.2) is 0 Å². The maximum atomic E-state index is 12.8. The molecule has 2 N–H and O–H groups in total. The smallest absolute Gasteiger partial charge is 0.226 e. The summed E-state index contributed by atoms with van der Waals surface area (Å²) in [6.45, 7) is 5.20. The van der Waals surface area contributed by atoms with Gasteiger partial charge in [-0.15, -0.1) is 0 Å². The fourth-order valence-electron chi connectivity index (χ4n) is 4.08. The molecule has 3 heteroatoms. The van der Waals surface area contributed by atoms with Crippen molar-refractivity contribution in [3.05, 3.63) is 0 Å². The summed E-state index contributed by atoms with van der Waals surface area (Å²) in [4.78, 5) is 15.0. The highest BCUT2D eigenvalue weighted by Crippen LogP contribution is 2.34. The average Bonchev–Trinajstić information content (AvgIpc) is 2.39. The Balaban J connectivity index is 1.97. The first-order valence-electron chi connectivity index (χ1n) is 8.15. The summed E-state index contributed by atoms with van der Waals surface area (Å²) in [5.74, 6) is 1.39. The van der Waals surface area contributed by atoms with Crippen LogP contribution in [0.3, 0.4) is 0 Å². The van der Waals surface area contributed by atoms with Gasteiger partial charge in [0.2, 0.25) is 5.91 Å². The van der Waals surface area contributed by atoms with Gasteiger partial charge in [0.05, 0.1) is 0 Å². The standard InChI is InChI=1S/C16H30N2O/c1-12-5-3-6-13(2)18(12)16(19)15-8-4-7-14(11-15)9-10-17/h12-15H,3-11,17H2,1-2H3/t12-,13+,14?,15?. The van der Waals surface area contributed by atoms with Crippen molar-refractivity contribution in [3.8, 4) is 0 Å². The second-order valence-corrected chi connectivity index (χ2v) is 6.68. The Morgan fingerprint density at radius 2 is 1.74 bits per heavy atom. The van der Waals surface area contributed by atoms with Crippen LogP contribution >= 0.6 is 0 Å². The quantitative estimate of drug-likeness (QED) is 0.853. The second kappa shape index (κ2) is 6.74. The predicted molar refractivity (Wildman–Crippen MR) is 78.7 cm³/mol. The van der Waals surface area contributed by atoms with Gasteiger partial charge in [0.25, 0.3) is 0 Å². The molecule has 19 heavy (non-hydrogen) atoms. The van der Waals surface area contributed by atoms with Gasteiger partial charge >= 0.3 is 0 Å². The number of likely N-dealkylation sites (tertiary alicyclic amines) is 1. The van der Waals surface area contributed by atoms with E-state index in [-0.39, 0.29) is 5.92 Å². The highest BCUT2D eigenvalue weighted by Gasteiger charge is 2.35. The number of hydrogen-bond donors (Lipinski definition) is 1. The van der Waals surface area contributed by atoms with E-state index in [9.17, 15) is 4.79 Å². The molecule has 1 heterocycles. The average molecular weight is 266 g/mol. The van der Waals surface area contributed by atoms with E-state index < -0.39 is 0 Å². The number of amides is 1. The molecule has 1 aliphatic carbocycles. The molecule has 2 unspecified atom stereocenters. The van der Waals surface area contributed by atoms with Crippen LogP contribution in [0.1, 0.15) is 65.2 Å². The molecule has 1 saturated heterocycles. The van der Waals surface area contributed by atoms with Gasteiger partial charge in [0.1, 0.15) is 0 Å². The van der Waals surface area contributed by atoms with Crippen LogP contribution in [0.25, 0.3) is 0 Å². The number of carbonyl (C=O) groups excluding carboxylic acids is 1. The summed E-state index contributed by atoms with van der Waals surface area (Å²) in [5.41, 5.74) is 5.67. The molecular weight excluding hydrogens is 236 g/mol. The Morgan fingerprint density at radius 3 is 2.37 bits per heavy atom. The summed E-state index contributed by atoms with van der Waals surface area (Å²) in [6, 6.07) is 0.872. The molecule has 0 aromatic carbocycles. The Kier molecular flexibility index (Phi) is 5.26. The monoisotopic (exact) mass is 266 g/mol. The molecule has 1 saturated carbocycles. The first-order valence-corrected chi connectivity index (χ1v) is 8.15. The van der Waals surface area contributed by atoms with Crippen molar-refractivity contribution in [1.82, 2.24) is 4.90 Å². The number of nitrogens with two attached hydrogens (primary N) is 1. The number of rotatable bonds is 3. The van der Waals surface area contributed by atoms with Crippen molar-refractivity contribution in [1.29, 1.82) is 0 Å². The molecule has 0 spiro atoms. The summed E-state index contributed by atoms with van der Waals surface area (Å²) in [6.07, 6.45) is 9.36. The summed E-state index contributed by atoms with van der Waals surface area (Å²) in [7, 11) is 0. The molecule has 0 radical (unpaired) electrons. The van der Waals surface area contributed by atoms with Crippen molar-refractivity contribution in [2.75, 3.05) is 6.54 Å². The molecule has 0 aromatic rings. The Labute approximate surface area is 117 Å². The van der Waals surface area contributed by atoms with Crippen LogP contribution in [-0.4, -0.2) is 29.4 Å². The van der Waals surface area contributed by atoms with Crippen molar-refractivity contribution in [2.45, 2.75) is 77.3 Å². The van der Waals surface area contributed by atoms with Gasteiger partial charge in [0.15, 0.2) is 0 Å². The zero-order valence-corrected chi connectivity index (χ0v) is 12.6. The van der Waals surface area contributed by atoms with Crippen molar-refractivity contribution in [3.63, 3.8) is 0 Å². The van der Waals surface area contributed by atoms with Gasteiger partial charge in [-0.05, 0) is 64.8 Å². The third-order valence-electron chi connectivity index (χ3n) is 5.15. The predicted octanol–water partition coefficient (Wildman–Crippen LogP) is 2.93. The Bertz CT molecular complexity index is 293. The van der Waals surface area contributed by atoms with E-state index in [1.807, 2.05) is 0 Å². The van der Waals surface area contributed by atoms with Crippen LogP contribution in [-0.2, 0) is 4.79 Å². The van der Waals surface area contributed by atoms with Crippen LogP contribution in [0.2, 0.25) is 0 Å². The lowest BCUT2D eigenvalue weighted by molar-refractivity contribution is -0.143. The fourth-order valence-corrected chi connectivity index (χ4v) is 4.08. The van der Waals surface area contributed by atoms with Crippen LogP contribution in [0, 0.1) is 11.8 Å². The second-order valence-electron chi connectivity index (χ2n) is 6.68. The molecule has 3 nitrogen and oxygen atoms in total. The van der Waals surface area contributed by atoms with Gasteiger partial charge < -0.3 is 10.6 Å². The molecule has 0 bridgehead atoms. The summed E-state index contributed by atoms with van der Waals surface area (Å²) < 4.78 is 0. The zero-order chi connectivity index (χ0) is 13.8. The first-order chi connectivity index (χ1) is 9.13. The van der Waals surface area contributed by atoms with E-state index >= 15 is 0 Å². The molecular formula is C16H30N2O. The van der Waals surface area contributed by atoms with Crippen LogP contribution in [0.5, 0.6) is 0 Å². The lowest BCUT2D eigenvalue weighted by Crippen LogP contribution is -2.50. The number of hydrogen-bond acceptors (Lipinski definition) is 2. The zero-order valence-electron chi connectivity index (χ0n) is 12.6. The van der Waals surface area contributed by atoms with E-state index in [1.54, 1.807) is 0 Å². The highest BCUT2D eigenvalue weighted by molar-refractivity contribution is 5.79. The van der Waals surface area contributed by atoms with E-state index in [0.717, 1.165) is 25.8 Å². The number of carbonyl (C=O) groups is 1. The molecule has 2 rings (SSSR count). The normalized spacial score (nSPS) is 36.3. The molecule has 2 fully saturated rings. The van der Waals surface area contributed by atoms with Crippen molar-refractivity contribution >= 4 is 5.91 Å². The van der Waals surface area contributed by atoms with Gasteiger partial charge in [-0.25, -0.2) is 0 Å². The third kappa shape index (κ3) is 3.50. The van der Waals surface area contributed by atoms with Gasteiger partial charge in [0, 0.05) is 18.0 Å². The van der Waals surface area contributed by atoms with Gasteiger partial charge in [-0.2, -0.15) is 0 Å². The molecule has 0 aromatic heterocycles.